The SMILES string of the molecule is Cn1c(=O)n(-c2ccc(C[C@H](NC(=O)c3c(Cl)cc(N4CCOCC4)cc3Cl)C(=O)O)cc2)c2c(Cl)cccc21. The van der Waals surface area contributed by atoms with Crippen LogP contribution in [0.15, 0.2) is 59.4 Å². The maximum atomic E-state index is 13.1. The lowest BCUT2D eigenvalue weighted by molar-refractivity contribution is -0.139. The largest absolute Gasteiger partial charge is 0.480 e. The van der Waals surface area contributed by atoms with E-state index in [2.05, 4.69) is 5.32 Å². The summed E-state index contributed by atoms with van der Waals surface area (Å²) in [6, 6.07) is 14.2. The number of aryl methyl sites for hydroxylation is 1. The predicted molar refractivity (Wildman–Crippen MR) is 156 cm³/mol. The summed E-state index contributed by atoms with van der Waals surface area (Å²) in [7, 11) is 1.67. The van der Waals surface area contributed by atoms with Crippen molar-refractivity contribution in [3.8, 4) is 5.69 Å². The number of benzene rings is 3. The molecule has 0 unspecified atom stereocenters. The number of ether oxygens (including phenoxy) is 1. The average Bonchev–Trinajstić information content (AvgIpc) is 3.19. The van der Waals surface area contributed by atoms with Crippen LogP contribution in [0, 0.1) is 0 Å². The molecule has 0 spiro atoms. The number of hydrogen-bond donors (Lipinski definition) is 2. The first-order valence-corrected chi connectivity index (χ1v) is 13.6. The summed E-state index contributed by atoms with van der Waals surface area (Å²) >= 11 is 19.2. The van der Waals surface area contributed by atoms with E-state index >= 15 is 0 Å². The normalized spacial score (nSPS) is 14.3. The van der Waals surface area contributed by atoms with Crippen molar-refractivity contribution < 1.29 is 19.4 Å². The third kappa shape index (κ3) is 5.42. The van der Waals surface area contributed by atoms with Gasteiger partial charge in [0, 0.05) is 32.2 Å². The molecule has 0 radical (unpaired) electrons. The number of imidazole rings is 1. The Balaban J connectivity index is 1.35. The van der Waals surface area contributed by atoms with Gasteiger partial charge in [-0.15, -0.1) is 0 Å². The Kier molecular flexibility index (Phi) is 8.09. The monoisotopic (exact) mass is 602 g/mol. The van der Waals surface area contributed by atoms with Gasteiger partial charge in [0.2, 0.25) is 0 Å². The molecule has 9 nitrogen and oxygen atoms in total. The summed E-state index contributed by atoms with van der Waals surface area (Å²) in [5, 5.41) is 13.1. The van der Waals surface area contributed by atoms with Gasteiger partial charge in [-0.05, 0) is 42.0 Å². The molecule has 5 rings (SSSR count). The van der Waals surface area contributed by atoms with Crippen LogP contribution in [0.2, 0.25) is 15.1 Å². The van der Waals surface area contributed by atoms with Crippen molar-refractivity contribution >= 4 is 63.4 Å². The van der Waals surface area contributed by atoms with E-state index in [9.17, 15) is 19.5 Å². The van der Waals surface area contributed by atoms with Crippen molar-refractivity contribution in [2.45, 2.75) is 12.5 Å². The van der Waals surface area contributed by atoms with Crippen molar-refractivity contribution in [2.75, 3.05) is 31.2 Å². The Hall–Kier alpha value is -3.50. The van der Waals surface area contributed by atoms with E-state index in [1.165, 1.54) is 9.13 Å². The van der Waals surface area contributed by atoms with Gasteiger partial charge in [0.1, 0.15) is 6.04 Å². The fraction of sp³-hybridized carbons (Fsp3) is 0.250. The fourth-order valence-electron chi connectivity index (χ4n) is 4.81. The number of fused-ring (bicyclic) bond motifs is 1. The molecule has 4 aromatic rings. The zero-order chi connectivity index (χ0) is 28.6. The molecule has 1 saturated heterocycles. The van der Waals surface area contributed by atoms with E-state index in [1.807, 2.05) is 11.0 Å². The number of carboxylic acids is 1. The second-order valence-corrected chi connectivity index (χ2v) is 10.6. The molecule has 1 aliphatic rings. The van der Waals surface area contributed by atoms with Gasteiger partial charge in [0.15, 0.2) is 0 Å². The predicted octanol–water partition coefficient (Wildman–Crippen LogP) is 4.55. The Bertz CT molecular complexity index is 1640. The zero-order valence-corrected chi connectivity index (χ0v) is 23.6. The number of carbonyl (C=O) groups is 2. The lowest BCUT2D eigenvalue weighted by Crippen LogP contribution is -2.42. The molecule has 1 aliphatic heterocycles. The highest BCUT2D eigenvalue weighted by Crippen LogP contribution is 2.32. The number of amides is 1. The molecule has 1 aromatic heterocycles. The fourth-order valence-corrected chi connectivity index (χ4v) is 5.71. The number of halogens is 3. The molecule has 40 heavy (non-hydrogen) atoms. The average molecular weight is 604 g/mol. The molecule has 0 bridgehead atoms. The van der Waals surface area contributed by atoms with Gasteiger partial charge in [0.05, 0.1) is 50.6 Å². The zero-order valence-electron chi connectivity index (χ0n) is 21.4. The Morgan fingerprint density at radius 2 is 1.62 bits per heavy atom. The summed E-state index contributed by atoms with van der Waals surface area (Å²) in [6.07, 6.45) is -0.00630. The van der Waals surface area contributed by atoms with E-state index < -0.39 is 17.9 Å². The Labute approximate surface area is 244 Å². The number of aromatic nitrogens is 2. The number of morpholine rings is 1. The highest BCUT2D eigenvalue weighted by molar-refractivity contribution is 6.40. The molecule has 208 valence electrons. The topological polar surface area (TPSA) is 106 Å². The third-order valence-corrected chi connectivity index (χ3v) is 7.80. The molecule has 3 aromatic carbocycles. The Morgan fingerprint density at radius 3 is 2.25 bits per heavy atom. The first-order chi connectivity index (χ1) is 19.2. The number of rotatable bonds is 7. The molecule has 12 heteroatoms. The molecular weight excluding hydrogens is 579 g/mol. The number of hydrogen-bond acceptors (Lipinski definition) is 5. The summed E-state index contributed by atoms with van der Waals surface area (Å²) in [5.74, 6) is -1.91. The third-order valence-electron chi connectivity index (χ3n) is 6.90. The first-order valence-electron chi connectivity index (χ1n) is 12.5. The number of nitrogens with zero attached hydrogens (tertiary/aromatic N) is 3. The van der Waals surface area contributed by atoms with Crippen molar-refractivity contribution in [3.05, 3.63) is 91.3 Å². The van der Waals surface area contributed by atoms with Gasteiger partial charge < -0.3 is 20.1 Å². The molecule has 2 heterocycles. The van der Waals surface area contributed by atoms with E-state index in [4.69, 9.17) is 39.5 Å². The van der Waals surface area contributed by atoms with Crippen molar-refractivity contribution in [2.24, 2.45) is 7.05 Å². The van der Waals surface area contributed by atoms with Crippen LogP contribution in [0.3, 0.4) is 0 Å². The van der Waals surface area contributed by atoms with E-state index in [0.29, 0.717) is 53.6 Å². The van der Waals surface area contributed by atoms with E-state index in [0.717, 1.165) is 5.69 Å². The number of aliphatic carboxylic acids is 1. The van der Waals surface area contributed by atoms with Gasteiger partial charge in [-0.3, -0.25) is 13.9 Å². The number of carboxylic acid groups (broad SMARTS) is 1. The first kappa shape index (κ1) is 28.0. The maximum Gasteiger partial charge on any atom is 0.333 e. The molecule has 1 atom stereocenters. The maximum absolute atomic E-state index is 13.1. The smallest absolute Gasteiger partial charge is 0.333 e. The number of nitrogens with one attached hydrogen (secondary N) is 1. The highest BCUT2D eigenvalue weighted by atomic mass is 35.5. The molecule has 1 amide bonds. The van der Waals surface area contributed by atoms with Crippen molar-refractivity contribution in [3.63, 3.8) is 0 Å². The van der Waals surface area contributed by atoms with Crippen LogP contribution in [-0.4, -0.2) is 58.5 Å². The summed E-state index contributed by atoms with van der Waals surface area (Å²) in [5.41, 5.74) is 2.97. The number of carbonyl (C=O) groups excluding carboxylic acids is 1. The van der Waals surface area contributed by atoms with Crippen LogP contribution in [0.25, 0.3) is 16.7 Å². The van der Waals surface area contributed by atoms with Crippen LogP contribution < -0.4 is 15.9 Å². The van der Waals surface area contributed by atoms with Gasteiger partial charge in [-0.2, -0.15) is 0 Å². The lowest BCUT2D eigenvalue weighted by Gasteiger charge is -2.29. The minimum atomic E-state index is -1.25. The lowest BCUT2D eigenvalue weighted by atomic mass is 10.0. The number of para-hydroxylation sites is 1. The Morgan fingerprint density at radius 1 is 0.975 bits per heavy atom. The van der Waals surface area contributed by atoms with Crippen molar-refractivity contribution in [1.29, 1.82) is 0 Å². The standard InChI is InChI=1S/C28H25Cl3N4O5/c1-33-23-4-2-3-19(29)25(23)35(28(33)39)17-7-5-16(6-8-17)13-22(27(37)38)32-26(36)24-20(30)14-18(15-21(24)31)34-9-11-40-12-10-34/h2-8,14-15,22H,9-13H2,1H3,(H,32,36)(H,37,38)/t22-/m0/s1. The van der Waals surface area contributed by atoms with E-state index in [1.54, 1.807) is 55.6 Å². The van der Waals surface area contributed by atoms with Crippen LogP contribution in [-0.2, 0) is 23.0 Å². The quantitative estimate of drug-likeness (QED) is 0.321. The van der Waals surface area contributed by atoms with E-state index in [-0.39, 0.29) is 27.7 Å². The molecular formula is C28H25Cl3N4O5. The van der Waals surface area contributed by atoms with Gasteiger partial charge in [-0.25, -0.2) is 9.59 Å². The minimum Gasteiger partial charge on any atom is -0.480 e. The second-order valence-electron chi connectivity index (χ2n) is 9.40. The van der Waals surface area contributed by atoms with Crippen LogP contribution in [0.4, 0.5) is 5.69 Å². The van der Waals surface area contributed by atoms with Gasteiger partial charge in [-0.1, -0.05) is 53.0 Å². The van der Waals surface area contributed by atoms with Gasteiger partial charge in [0.25, 0.3) is 5.91 Å². The molecule has 0 aliphatic carbocycles. The van der Waals surface area contributed by atoms with Crippen molar-refractivity contribution in [1.82, 2.24) is 14.5 Å². The summed E-state index contributed by atoms with van der Waals surface area (Å²) in [6.45, 7) is 2.48. The second kappa shape index (κ2) is 11.5. The minimum absolute atomic E-state index is 0.00630. The molecule has 0 saturated carbocycles. The van der Waals surface area contributed by atoms with Gasteiger partial charge >= 0.3 is 11.7 Å². The molecule has 2 N–H and O–H groups in total. The highest BCUT2D eigenvalue weighted by Gasteiger charge is 2.25. The van der Waals surface area contributed by atoms with Crippen LogP contribution in [0.1, 0.15) is 15.9 Å². The number of anilines is 1. The molecule has 1 fully saturated rings. The van der Waals surface area contributed by atoms with Crippen LogP contribution in [0.5, 0.6) is 0 Å². The summed E-state index contributed by atoms with van der Waals surface area (Å²) < 4.78 is 8.38. The summed E-state index contributed by atoms with van der Waals surface area (Å²) in [4.78, 5) is 40.1. The van der Waals surface area contributed by atoms with Crippen LogP contribution >= 0.6 is 34.8 Å².